The molecular formula is C14H18FNO. The molecule has 0 radical (unpaired) electrons. The molecule has 92 valence electrons. The molecule has 3 rings (SSSR count). The van der Waals surface area contributed by atoms with Crippen molar-refractivity contribution in [1.82, 2.24) is 5.32 Å². The highest BCUT2D eigenvalue weighted by molar-refractivity contribution is 5.41. The lowest BCUT2D eigenvalue weighted by Gasteiger charge is -2.24. The first-order valence-corrected chi connectivity index (χ1v) is 6.31. The van der Waals surface area contributed by atoms with Crippen molar-refractivity contribution in [2.45, 2.75) is 38.6 Å². The quantitative estimate of drug-likeness (QED) is 0.807. The maximum atomic E-state index is 13.3. The van der Waals surface area contributed by atoms with Gasteiger partial charge in [-0.1, -0.05) is 17.7 Å². The third-order valence-electron chi connectivity index (χ3n) is 3.74. The summed E-state index contributed by atoms with van der Waals surface area (Å²) in [6.07, 6.45) is 0.867. The number of aryl methyl sites for hydroxylation is 1. The minimum atomic E-state index is -0.708. The molecule has 1 N–H and O–H groups in total. The first kappa shape index (κ1) is 11.2. The van der Waals surface area contributed by atoms with E-state index >= 15 is 0 Å². The first-order chi connectivity index (χ1) is 8.24. The number of halogens is 1. The number of fused-ring (bicyclic) bond motifs is 1. The van der Waals surface area contributed by atoms with Crippen LogP contribution in [0.25, 0.3) is 0 Å². The molecule has 1 aromatic rings. The molecule has 1 aromatic carbocycles. The van der Waals surface area contributed by atoms with E-state index in [1.165, 1.54) is 22.3 Å². The average Bonchev–Trinajstić information content (AvgIpc) is 2.74. The van der Waals surface area contributed by atoms with E-state index in [2.05, 4.69) is 24.4 Å². The summed E-state index contributed by atoms with van der Waals surface area (Å²) in [7, 11) is 0. The van der Waals surface area contributed by atoms with Gasteiger partial charge < -0.3 is 10.1 Å². The Labute approximate surface area is 101 Å². The number of nitrogens with one attached hydrogen (secondary N) is 1. The van der Waals surface area contributed by atoms with Gasteiger partial charge in [0.2, 0.25) is 0 Å². The van der Waals surface area contributed by atoms with Gasteiger partial charge in [-0.3, -0.25) is 0 Å². The van der Waals surface area contributed by atoms with Gasteiger partial charge in [-0.25, -0.2) is 4.39 Å². The largest absolute Gasteiger partial charge is 0.376 e. The standard InChI is InChI=1S/C14H18FNO/c1-9-4-10-2-3-17-8-13(10)12(5-9)14-6-11(15)7-16-14/h4-5,11,14,16H,2-3,6-8H2,1H3/t11?,14-/m0/s1. The molecule has 2 aliphatic heterocycles. The van der Waals surface area contributed by atoms with Crippen LogP contribution in [-0.2, 0) is 17.8 Å². The van der Waals surface area contributed by atoms with Crippen LogP contribution in [-0.4, -0.2) is 19.3 Å². The third-order valence-corrected chi connectivity index (χ3v) is 3.74. The van der Waals surface area contributed by atoms with Crippen LogP contribution in [0.2, 0.25) is 0 Å². The van der Waals surface area contributed by atoms with Crippen LogP contribution in [0.3, 0.4) is 0 Å². The van der Waals surface area contributed by atoms with Crippen molar-refractivity contribution in [2.75, 3.05) is 13.2 Å². The van der Waals surface area contributed by atoms with Gasteiger partial charge in [-0.15, -0.1) is 0 Å². The van der Waals surface area contributed by atoms with Gasteiger partial charge in [0.1, 0.15) is 6.17 Å². The van der Waals surface area contributed by atoms with Gasteiger partial charge in [-0.05, 0) is 36.5 Å². The highest BCUT2D eigenvalue weighted by Gasteiger charge is 2.28. The van der Waals surface area contributed by atoms with Gasteiger partial charge in [-0.2, -0.15) is 0 Å². The van der Waals surface area contributed by atoms with Crippen LogP contribution >= 0.6 is 0 Å². The smallest absolute Gasteiger partial charge is 0.114 e. The Hall–Kier alpha value is -0.930. The molecule has 1 saturated heterocycles. The maximum Gasteiger partial charge on any atom is 0.114 e. The molecule has 2 aliphatic rings. The molecule has 0 bridgehead atoms. The fourth-order valence-corrected chi connectivity index (χ4v) is 2.92. The number of benzene rings is 1. The minimum Gasteiger partial charge on any atom is -0.376 e. The molecule has 0 amide bonds. The van der Waals surface area contributed by atoms with Crippen molar-refractivity contribution < 1.29 is 9.13 Å². The average molecular weight is 235 g/mol. The van der Waals surface area contributed by atoms with Crippen LogP contribution < -0.4 is 5.32 Å². The summed E-state index contributed by atoms with van der Waals surface area (Å²) in [6.45, 7) is 4.08. The summed E-state index contributed by atoms with van der Waals surface area (Å²) in [4.78, 5) is 0. The van der Waals surface area contributed by atoms with Crippen molar-refractivity contribution in [3.63, 3.8) is 0 Å². The molecule has 3 heteroatoms. The Kier molecular flexibility index (Phi) is 2.89. The molecule has 2 atom stereocenters. The van der Waals surface area contributed by atoms with Crippen molar-refractivity contribution in [3.05, 3.63) is 34.4 Å². The SMILES string of the molecule is Cc1cc2c(c([C@@H]3CC(F)CN3)c1)COCC2. The van der Waals surface area contributed by atoms with Crippen molar-refractivity contribution >= 4 is 0 Å². The second kappa shape index (κ2) is 4.39. The van der Waals surface area contributed by atoms with Crippen molar-refractivity contribution in [1.29, 1.82) is 0 Å². The van der Waals surface area contributed by atoms with Gasteiger partial charge in [0.25, 0.3) is 0 Å². The van der Waals surface area contributed by atoms with Gasteiger partial charge in [0.05, 0.1) is 13.2 Å². The van der Waals surface area contributed by atoms with Crippen LogP contribution in [0.15, 0.2) is 12.1 Å². The second-order valence-electron chi connectivity index (χ2n) is 5.09. The van der Waals surface area contributed by atoms with Crippen LogP contribution in [0, 0.1) is 6.92 Å². The molecule has 0 saturated carbocycles. The summed E-state index contributed by atoms with van der Waals surface area (Å²) in [5.74, 6) is 0. The molecule has 0 spiro atoms. The van der Waals surface area contributed by atoms with Crippen molar-refractivity contribution in [3.8, 4) is 0 Å². The molecule has 0 aliphatic carbocycles. The summed E-state index contributed by atoms with van der Waals surface area (Å²) in [5.41, 5.74) is 5.19. The normalized spacial score (nSPS) is 28.1. The summed E-state index contributed by atoms with van der Waals surface area (Å²) in [6, 6.07) is 4.59. The van der Waals surface area contributed by atoms with E-state index in [9.17, 15) is 4.39 Å². The topological polar surface area (TPSA) is 21.3 Å². The number of alkyl halides is 1. The lowest BCUT2D eigenvalue weighted by molar-refractivity contribution is 0.109. The Morgan fingerprint density at radius 1 is 1.41 bits per heavy atom. The number of rotatable bonds is 1. The predicted octanol–water partition coefficient (Wildman–Crippen LogP) is 2.44. The molecule has 2 heterocycles. The number of ether oxygens (including phenoxy) is 1. The fraction of sp³-hybridized carbons (Fsp3) is 0.571. The molecule has 2 nitrogen and oxygen atoms in total. The Morgan fingerprint density at radius 3 is 3.06 bits per heavy atom. The number of hydrogen-bond donors (Lipinski definition) is 1. The van der Waals surface area contributed by atoms with Crippen molar-refractivity contribution in [2.24, 2.45) is 0 Å². The monoisotopic (exact) mass is 235 g/mol. The molecule has 17 heavy (non-hydrogen) atoms. The Bertz CT molecular complexity index is 432. The lowest BCUT2D eigenvalue weighted by Crippen LogP contribution is -2.19. The first-order valence-electron chi connectivity index (χ1n) is 6.31. The summed E-state index contributed by atoms with van der Waals surface area (Å²) >= 11 is 0. The van der Waals surface area contributed by atoms with Gasteiger partial charge in [0.15, 0.2) is 0 Å². The summed E-state index contributed by atoms with van der Waals surface area (Å²) < 4.78 is 18.8. The second-order valence-corrected chi connectivity index (χ2v) is 5.09. The molecule has 1 fully saturated rings. The van der Waals surface area contributed by atoms with Gasteiger partial charge >= 0.3 is 0 Å². The maximum absolute atomic E-state index is 13.3. The lowest BCUT2D eigenvalue weighted by atomic mass is 9.90. The summed E-state index contributed by atoms with van der Waals surface area (Å²) in [5, 5.41) is 3.27. The highest BCUT2D eigenvalue weighted by Crippen LogP contribution is 2.32. The Balaban J connectivity index is 2.00. The fourth-order valence-electron chi connectivity index (χ4n) is 2.92. The van der Waals surface area contributed by atoms with Crippen LogP contribution in [0.5, 0.6) is 0 Å². The van der Waals surface area contributed by atoms with Crippen LogP contribution in [0.4, 0.5) is 4.39 Å². The van der Waals surface area contributed by atoms with E-state index in [0.29, 0.717) is 19.6 Å². The zero-order chi connectivity index (χ0) is 11.8. The van der Waals surface area contributed by atoms with E-state index in [0.717, 1.165) is 13.0 Å². The highest BCUT2D eigenvalue weighted by atomic mass is 19.1. The van der Waals surface area contributed by atoms with Gasteiger partial charge in [0, 0.05) is 12.6 Å². The zero-order valence-electron chi connectivity index (χ0n) is 10.1. The minimum absolute atomic E-state index is 0.167. The Morgan fingerprint density at radius 2 is 2.29 bits per heavy atom. The van der Waals surface area contributed by atoms with E-state index in [1.54, 1.807) is 0 Å². The molecule has 1 unspecified atom stereocenters. The van der Waals surface area contributed by atoms with E-state index in [-0.39, 0.29) is 6.04 Å². The van der Waals surface area contributed by atoms with E-state index in [4.69, 9.17) is 4.74 Å². The third kappa shape index (κ3) is 2.09. The van der Waals surface area contributed by atoms with E-state index < -0.39 is 6.17 Å². The molecule has 0 aromatic heterocycles. The van der Waals surface area contributed by atoms with Crippen LogP contribution in [0.1, 0.15) is 34.7 Å². The predicted molar refractivity (Wildman–Crippen MR) is 64.8 cm³/mol. The zero-order valence-corrected chi connectivity index (χ0v) is 10.1. The number of hydrogen-bond acceptors (Lipinski definition) is 2. The molecular weight excluding hydrogens is 217 g/mol. The van der Waals surface area contributed by atoms with E-state index in [1.807, 2.05) is 0 Å².